The van der Waals surface area contributed by atoms with Crippen LogP contribution in [-0.4, -0.2) is 27.3 Å². The van der Waals surface area contributed by atoms with Crippen molar-refractivity contribution in [3.63, 3.8) is 0 Å². The smallest absolute Gasteiger partial charge is 0.303 e. The Balaban J connectivity index is 1.52. The van der Waals surface area contributed by atoms with E-state index < -0.39 is 5.97 Å². The predicted octanol–water partition coefficient (Wildman–Crippen LogP) is 6.43. The number of allylic oxidation sites excluding steroid dienone is 2. The molecule has 0 saturated carbocycles. The number of nitrogens with zero attached hydrogens (tertiary/aromatic N) is 2. The van der Waals surface area contributed by atoms with Gasteiger partial charge in [-0.25, -0.2) is 0 Å². The Morgan fingerprint density at radius 3 is 2.78 bits per heavy atom. The van der Waals surface area contributed by atoms with Crippen molar-refractivity contribution in [2.45, 2.75) is 52.1 Å². The third kappa shape index (κ3) is 4.86. The fraction of sp³-hybridized carbons (Fsp3) is 0.320. The van der Waals surface area contributed by atoms with E-state index in [4.69, 9.17) is 26.0 Å². The minimum absolute atomic E-state index is 0.0317. The van der Waals surface area contributed by atoms with Crippen molar-refractivity contribution in [3.05, 3.63) is 58.6 Å². The van der Waals surface area contributed by atoms with Crippen molar-refractivity contribution < 1.29 is 19.2 Å². The highest BCUT2D eigenvalue weighted by atomic mass is 35.5. The molecule has 1 aromatic heterocycles. The van der Waals surface area contributed by atoms with Gasteiger partial charge in [0.1, 0.15) is 5.75 Å². The van der Waals surface area contributed by atoms with Crippen LogP contribution in [-0.2, 0) is 11.2 Å². The lowest BCUT2D eigenvalue weighted by Gasteiger charge is -2.11. The topological polar surface area (TPSA) is 85.5 Å². The fourth-order valence-corrected chi connectivity index (χ4v) is 4.14. The van der Waals surface area contributed by atoms with Gasteiger partial charge in [0.15, 0.2) is 0 Å². The zero-order chi connectivity index (χ0) is 22.7. The van der Waals surface area contributed by atoms with Crippen LogP contribution in [0.5, 0.6) is 5.75 Å². The van der Waals surface area contributed by atoms with Crippen LogP contribution in [0.3, 0.4) is 0 Å². The number of rotatable bonds is 9. The molecule has 6 nitrogen and oxygen atoms in total. The second-order valence-corrected chi connectivity index (χ2v) is 8.51. The Morgan fingerprint density at radius 2 is 2.03 bits per heavy atom. The van der Waals surface area contributed by atoms with E-state index >= 15 is 0 Å². The number of benzene rings is 2. The van der Waals surface area contributed by atoms with E-state index in [1.165, 1.54) is 16.7 Å². The molecule has 0 saturated heterocycles. The second-order valence-electron chi connectivity index (χ2n) is 8.10. The van der Waals surface area contributed by atoms with Crippen LogP contribution in [0.25, 0.3) is 28.4 Å². The number of carbonyl (C=O) groups is 1. The molecular weight excluding hydrogens is 428 g/mol. The maximum absolute atomic E-state index is 10.7. The molecule has 0 spiro atoms. The highest BCUT2D eigenvalue weighted by molar-refractivity contribution is 6.32. The number of halogens is 1. The summed E-state index contributed by atoms with van der Waals surface area (Å²) < 4.78 is 11.2. The van der Waals surface area contributed by atoms with E-state index in [1.807, 2.05) is 38.1 Å². The van der Waals surface area contributed by atoms with Crippen molar-refractivity contribution in [2.75, 3.05) is 0 Å². The molecule has 7 heteroatoms. The Bertz CT molecular complexity index is 1170. The number of hydrogen-bond acceptors (Lipinski definition) is 5. The largest absolute Gasteiger partial charge is 0.489 e. The fourth-order valence-electron chi connectivity index (χ4n) is 3.91. The lowest BCUT2D eigenvalue weighted by atomic mass is 9.97. The minimum Gasteiger partial charge on any atom is -0.489 e. The summed E-state index contributed by atoms with van der Waals surface area (Å²) in [7, 11) is 0. The molecule has 0 atom stereocenters. The molecule has 0 fully saturated rings. The number of carboxylic acids is 1. The van der Waals surface area contributed by atoms with Gasteiger partial charge in [-0.15, -0.1) is 0 Å². The van der Waals surface area contributed by atoms with Crippen LogP contribution in [0.15, 0.2) is 47.0 Å². The van der Waals surface area contributed by atoms with Gasteiger partial charge in [0, 0.05) is 17.5 Å². The third-order valence-electron chi connectivity index (χ3n) is 5.37. The molecular formula is C25H25ClN2O4. The molecule has 1 N–H and O–H groups in total. The molecule has 32 heavy (non-hydrogen) atoms. The molecule has 4 rings (SSSR count). The highest BCUT2D eigenvalue weighted by Gasteiger charge is 2.21. The average Bonchev–Trinajstić information content (AvgIpc) is 3.40. The van der Waals surface area contributed by atoms with Gasteiger partial charge in [0.2, 0.25) is 5.82 Å². The molecule has 0 radical (unpaired) electrons. The van der Waals surface area contributed by atoms with Gasteiger partial charge < -0.3 is 14.4 Å². The van der Waals surface area contributed by atoms with Gasteiger partial charge in [-0.05, 0) is 74.4 Å². The van der Waals surface area contributed by atoms with Crippen LogP contribution in [0.4, 0.5) is 0 Å². The summed E-state index contributed by atoms with van der Waals surface area (Å²) in [6, 6.07) is 11.5. The maximum Gasteiger partial charge on any atom is 0.303 e. The number of carboxylic acid groups (broad SMARTS) is 1. The first-order valence-electron chi connectivity index (χ1n) is 10.8. The Kier molecular flexibility index (Phi) is 6.61. The lowest BCUT2D eigenvalue weighted by Crippen LogP contribution is -2.05. The van der Waals surface area contributed by atoms with Crippen molar-refractivity contribution in [1.82, 2.24) is 10.1 Å². The van der Waals surface area contributed by atoms with Gasteiger partial charge >= 0.3 is 5.97 Å². The summed E-state index contributed by atoms with van der Waals surface area (Å²) in [5, 5.41) is 13.5. The van der Waals surface area contributed by atoms with Gasteiger partial charge in [-0.2, -0.15) is 4.98 Å². The van der Waals surface area contributed by atoms with Gasteiger partial charge in [-0.1, -0.05) is 41.0 Å². The summed E-state index contributed by atoms with van der Waals surface area (Å²) in [6.07, 6.45) is 5.65. The first-order valence-corrected chi connectivity index (χ1v) is 11.1. The molecule has 166 valence electrons. The molecule has 1 heterocycles. The Labute approximate surface area is 191 Å². The highest BCUT2D eigenvalue weighted by Crippen LogP contribution is 2.37. The summed E-state index contributed by atoms with van der Waals surface area (Å²) in [5.41, 5.74) is 5.28. The Morgan fingerprint density at radius 1 is 1.22 bits per heavy atom. The van der Waals surface area contributed by atoms with E-state index in [-0.39, 0.29) is 12.5 Å². The van der Waals surface area contributed by atoms with E-state index in [2.05, 4.69) is 22.3 Å². The molecule has 3 aromatic rings. The SMILES string of the molecule is CC(C)Oc1ccc(-c2nc(-c3cccc4c3CC=C4CCCCC(=O)O)no2)cc1Cl. The first-order chi connectivity index (χ1) is 15.4. The van der Waals surface area contributed by atoms with Crippen LogP contribution >= 0.6 is 11.6 Å². The van der Waals surface area contributed by atoms with Gasteiger partial charge in [-0.3, -0.25) is 4.79 Å². The average molecular weight is 453 g/mol. The van der Waals surface area contributed by atoms with E-state index in [0.29, 0.717) is 28.9 Å². The number of aliphatic carboxylic acids is 1. The number of fused-ring (bicyclic) bond motifs is 1. The normalized spacial score (nSPS) is 12.7. The molecule has 0 bridgehead atoms. The number of ether oxygens (including phenoxy) is 1. The summed E-state index contributed by atoms with van der Waals surface area (Å²) >= 11 is 6.36. The summed E-state index contributed by atoms with van der Waals surface area (Å²) in [5.74, 6) is 0.809. The monoisotopic (exact) mass is 452 g/mol. The van der Waals surface area contributed by atoms with E-state index in [9.17, 15) is 4.79 Å². The molecule has 0 unspecified atom stereocenters. The first kappa shape index (κ1) is 22.1. The quantitative estimate of drug-likeness (QED) is 0.376. The molecule has 0 amide bonds. The van der Waals surface area contributed by atoms with Crippen LogP contribution in [0.1, 0.15) is 50.7 Å². The van der Waals surface area contributed by atoms with Gasteiger partial charge in [0.25, 0.3) is 5.89 Å². The van der Waals surface area contributed by atoms with E-state index in [1.54, 1.807) is 6.07 Å². The van der Waals surface area contributed by atoms with Gasteiger partial charge in [0.05, 0.1) is 11.1 Å². The summed E-state index contributed by atoms with van der Waals surface area (Å²) in [6.45, 7) is 3.90. The van der Waals surface area contributed by atoms with Crippen LogP contribution < -0.4 is 4.74 Å². The number of unbranched alkanes of at least 4 members (excludes halogenated alkanes) is 1. The van der Waals surface area contributed by atoms with Crippen molar-refractivity contribution in [3.8, 4) is 28.6 Å². The van der Waals surface area contributed by atoms with Crippen LogP contribution in [0, 0.1) is 0 Å². The summed E-state index contributed by atoms with van der Waals surface area (Å²) in [4.78, 5) is 15.3. The van der Waals surface area contributed by atoms with E-state index in [0.717, 1.165) is 30.4 Å². The molecule has 1 aliphatic rings. The molecule has 2 aromatic carbocycles. The standard InChI is InChI=1S/C25H25ClN2O4/c1-15(2)31-22-13-11-17(14-21(22)26)25-27-24(28-32-25)20-8-5-7-18-16(10-12-19(18)20)6-3-4-9-23(29)30/h5,7-8,10-11,13-15H,3-4,6,9,12H2,1-2H3,(H,29,30). The predicted molar refractivity (Wildman–Crippen MR) is 124 cm³/mol. The van der Waals surface area contributed by atoms with Crippen molar-refractivity contribution in [2.24, 2.45) is 0 Å². The zero-order valence-electron chi connectivity index (χ0n) is 18.1. The second kappa shape index (κ2) is 9.57. The van der Waals surface area contributed by atoms with Crippen LogP contribution in [0.2, 0.25) is 5.02 Å². The Hall–Kier alpha value is -3.12. The lowest BCUT2D eigenvalue weighted by molar-refractivity contribution is -0.137. The molecule has 0 aliphatic heterocycles. The number of hydrogen-bond donors (Lipinski definition) is 1. The maximum atomic E-state index is 10.7. The zero-order valence-corrected chi connectivity index (χ0v) is 18.9. The third-order valence-corrected chi connectivity index (χ3v) is 5.67. The minimum atomic E-state index is -0.746. The van der Waals surface area contributed by atoms with Crippen molar-refractivity contribution >= 4 is 23.1 Å². The number of aromatic nitrogens is 2. The van der Waals surface area contributed by atoms with Crippen molar-refractivity contribution in [1.29, 1.82) is 0 Å². The molecule has 1 aliphatic carbocycles.